The van der Waals surface area contributed by atoms with E-state index in [9.17, 15) is 9.90 Å². The molecular formula is C19H23N5O2. The van der Waals surface area contributed by atoms with Crippen LogP contribution in [0.1, 0.15) is 42.2 Å². The number of aliphatic hydroxyl groups excluding tert-OH is 1. The van der Waals surface area contributed by atoms with E-state index in [-0.39, 0.29) is 5.91 Å². The molecule has 2 aromatic heterocycles. The molecule has 0 bridgehead atoms. The number of hydrogen-bond donors (Lipinski definition) is 2. The number of amides is 1. The number of aliphatic hydroxyl groups is 1. The van der Waals surface area contributed by atoms with Crippen LogP contribution in [0.25, 0.3) is 11.0 Å². The second kappa shape index (κ2) is 6.57. The molecule has 1 aliphatic heterocycles. The molecule has 1 aromatic carbocycles. The van der Waals surface area contributed by atoms with Gasteiger partial charge in [0.05, 0.1) is 48.0 Å². The van der Waals surface area contributed by atoms with Crippen molar-refractivity contribution in [3.05, 3.63) is 47.0 Å². The zero-order chi connectivity index (χ0) is 18.3. The zero-order valence-electron chi connectivity index (χ0n) is 15.1. The lowest BCUT2D eigenvalue weighted by molar-refractivity contribution is -0.132. The van der Waals surface area contributed by atoms with Crippen LogP contribution < -0.4 is 0 Å². The minimum atomic E-state index is -0.540. The van der Waals surface area contributed by atoms with Crippen molar-refractivity contribution in [3.8, 4) is 0 Å². The number of rotatable bonds is 4. The number of imidazole rings is 1. The van der Waals surface area contributed by atoms with Crippen LogP contribution in [0.15, 0.2) is 24.3 Å². The van der Waals surface area contributed by atoms with E-state index in [0.29, 0.717) is 38.2 Å². The van der Waals surface area contributed by atoms with Crippen molar-refractivity contribution in [3.63, 3.8) is 0 Å². The lowest BCUT2D eigenvalue weighted by Gasteiger charge is -2.27. The number of carbonyl (C=O) groups is 1. The number of carbonyl (C=O) groups excluding carboxylic acids is 1. The van der Waals surface area contributed by atoms with Crippen molar-refractivity contribution < 1.29 is 9.90 Å². The monoisotopic (exact) mass is 353 g/mol. The molecule has 26 heavy (non-hydrogen) atoms. The van der Waals surface area contributed by atoms with Crippen LogP contribution in [-0.4, -0.2) is 42.2 Å². The van der Waals surface area contributed by atoms with Crippen molar-refractivity contribution in [2.75, 3.05) is 6.54 Å². The summed E-state index contributed by atoms with van der Waals surface area (Å²) in [6, 6.07) is 7.82. The molecule has 7 heteroatoms. The number of fused-ring (bicyclic) bond motifs is 2. The normalized spacial score (nSPS) is 15.3. The van der Waals surface area contributed by atoms with Crippen LogP contribution in [0.4, 0.5) is 0 Å². The molecule has 0 spiro atoms. The van der Waals surface area contributed by atoms with Gasteiger partial charge in [0.1, 0.15) is 5.82 Å². The average Bonchev–Trinajstić information content (AvgIpc) is 3.22. The van der Waals surface area contributed by atoms with E-state index in [0.717, 1.165) is 28.1 Å². The number of aromatic amines is 1. The van der Waals surface area contributed by atoms with Gasteiger partial charge in [0, 0.05) is 6.54 Å². The second-order valence-electron chi connectivity index (χ2n) is 6.87. The van der Waals surface area contributed by atoms with Crippen molar-refractivity contribution in [1.29, 1.82) is 0 Å². The molecule has 1 aliphatic rings. The van der Waals surface area contributed by atoms with Gasteiger partial charge in [0.15, 0.2) is 0 Å². The number of aromatic nitrogens is 4. The van der Waals surface area contributed by atoms with E-state index in [4.69, 9.17) is 0 Å². The Labute approximate surface area is 151 Å². The van der Waals surface area contributed by atoms with E-state index in [1.165, 1.54) is 0 Å². The molecule has 3 heterocycles. The van der Waals surface area contributed by atoms with E-state index in [1.807, 2.05) is 47.7 Å². The fourth-order valence-corrected chi connectivity index (χ4v) is 3.45. The molecule has 4 rings (SSSR count). The highest BCUT2D eigenvalue weighted by Crippen LogP contribution is 2.21. The van der Waals surface area contributed by atoms with Gasteiger partial charge in [0.25, 0.3) is 0 Å². The smallest absolute Gasteiger partial charge is 0.227 e. The summed E-state index contributed by atoms with van der Waals surface area (Å²) in [5.41, 5.74) is 4.53. The van der Waals surface area contributed by atoms with Crippen molar-refractivity contribution >= 4 is 16.9 Å². The van der Waals surface area contributed by atoms with Gasteiger partial charge < -0.3 is 15.0 Å². The Bertz CT molecular complexity index is 958. The molecule has 1 atom stereocenters. The number of hydrogen-bond acceptors (Lipinski definition) is 4. The number of aryl methyl sites for hydroxylation is 1. The Morgan fingerprint density at radius 1 is 1.35 bits per heavy atom. The summed E-state index contributed by atoms with van der Waals surface area (Å²) in [7, 11) is 0. The van der Waals surface area contributed by atoms with Crippen molar-refractivity contribution in [2.45, 2.75) is 45.9 Å². The fourth-order valence-electron chi connectivity index (χ4n) is 3.45. The Morgan fingerprint density at radius 3 is 3.00 bits per heavy atom. The third-order valence-corrected chi connectivity index (χ3v) is 4.92. The SMILES string of the molecule is CC[C@H](O)c1cc2n(n1)CCN(C(=O)Cc1ccc3nc(C)[nH]c3c1)C2. The minimum absolute atomic E-state index is 0.102. The van der Waals surface area contributed by atoms with Gasteiger partial charge in [-0.3, -0.25) is 9.48 Å². The van der Waals surface area contributed by atoms with Gasteiger partial charge >= 0.3 is 0 Å². The standard InChI is InChI=1S/C19H23N5O2/c1-3-18(25)17-10-14-11-23(6-7-24(14)22-17)19(26)9-13-4-5-15-16(8-13)21-12(2)20-15/h4-5,8,10,18,25H,3,6-7,9,11H2,1-2H3,(H,20,21)/t18-/m0/s1. The first-order chi connectivity index (χ1) is 12.5. The third-order valence-electron chi connectivity index (χ3n) is 4.92. The Balaban J connectivity index is 1.47. The number of nitrogens with zero attached hydrogens (tertiary/aromatic N) is 4. The minimum Gasteiger partial charge on any atom is -0.387 e. The zero-order valence-corrected chi connectivity index (χ0v) is 15.1. The van der Waals surface area contributed by atoms with Gasteiger partial charge in [-0.25, -0.2) is 4.98 Å². The van der Waals surface area contributed by atoms with Gasteiger partial charge in [-0.05, 0) is 37.1 Å². The van der Waals surface area contributed by atoms with Crippen LogP contribution in [0, 0.1) is 6.92 Å². The molecule has 0 fully saturated rings. The van der Waals surface area contributed by atoms with E-state index >= 15 is 0 Å². The number of nitrogens with one attached hydrogen (secondary N) is 1. The van der Waals surface area contributed by atoms with Gasteiger partial charge in [0.2, 0.25) is 5.91 Å². The highest BCUT2D eigenvalue weighted by molar-refractivity contribution is 5.82. The van der Waals surface area contributed by atoms with E-state index in [1.54, 1.807) is 0 Å². The predicted octanol–water partition coefficient (Wildman–Crippen LogP) is 2.10. The van der Waals surface area contributed by atoms with Crippen LogP contribution in [0.5, 0.6) is 0 Å². The summed E-state index contributed by atoms with van der Waals surface area (Å²) in [4.78, 5) is 22.2. The Morgan fingerprint density at radius 2 is 2.19 bits per heavy atom. The number of benzene rings is 1. The fraction of sp³-hybridized carbons (Fsp3) is 0.421. The molecule has 1 amide bonds. The summed E-state index contributed by atoms with van der Waals surface area (Å²) >= 11 is 0. The maximum absolute atomic E-state index is 12.7. The van der Waals surface area contributed by atoms with E-state index in [2.05, 4.69) is 15.1 Å². The summed E-state index contributed by atoms with van der Waals surface area (Å²) < 4.78 is 1.90. The largest absolute Gasteiger partial charge is 0.387 e. The van der Waals surface area contributed by atoms with Crippen LogP contribution in [0.3, 0.4) is 0 Å². The molecule has 0 unspecified atom stereocenters. The molecule has 0 aliphatic carbocycles. The highest BCUT2D eigenvalue weighted by atomic mass is 16.3. The number of H-pyrrole nitrogens is 1. The van der Waals surface area contributed by atoms with Gasteiger partial charge in [-0.1, -0.05) is 13.0 Å². The van der Waals surface area contributed by atoms with Crippen LogP contribution >= 0.6 is 0 Å². The highest BCUT2D eigenvalue weighted by Gasteiger charge is 2.23. The third kappa shape index (κ3) is 3.10. The molecule has 3 aromatic rings. The lowest BCUT2D eigenvalue weighted by Crippen LogP contribution is -2.39. The first-order valence-electron chi connectivity index (χ1n) is 9.01. The maximum atomic E-state index is 12.7. The maximum Gasteiger partial charge on any atom is 0.227 e. The molecule has 0 saturated heterocycles. The topological polar surface area (TPSA) is 87.0 Å². The molecule has 0 saturated carbocycles. The van der Waals surface area contributed by atoms with Crippen LogP contribution in [-0.2, 0) is 24.3 Å². The molecule has 136 valence electrons. The van der Waals surface area contributed by atoms with Gasteiger partial charge in [-0.15, -0.1) is 0 Å². The Kier molecular flexibility index (Phi) is 4.24. The summed E-state index contributed by atoms with van der Waals surface area (Å²) in [5.74, 6) is 0.975. The predicted molar refractivity (Wildman–Crippen MR) is 97.4 cm³/mol. The van der Waals surface area contributed by atoms with E-state index < -0.39 is 6.10 Å². The summed E-state index contributed by atoms with van der Waals surface area (Å²) in [6.07, 6.45) is 0.461. The molecular weight excluding hydrogens is 330 g/mol. The van der Waals surface area contributed by atoms with Gasteiger partial charge in [-0.2, -0.15) is 5.10 Å². The molecule has 0 radical (unpaired) electrons. The lowest BCUT2D eigenvalue weighted by atomic mass is 10.1. The first kappa shape index (κ1) is 16.8. The van der Waals surface area contributed by atoms with Crippen molar-refractivity contribution in [1.82, 2.24) is 24.6 Å². The summed E-state index contributed by atoms with van der Waals surface area (Å²) in [6.45, 7) is 5.69. The van der Waals surface area contributed by atoms with Crippen LogP contribution in [0.2, 0.25) is 0 Å². The molecule has 2 N–H and O–H groups in total. The quantitative estimate of drug-likeness (QED) is 0.752. The molecule has 7 nitrogen and oxygen atoms in total. The second-order valence-corrected chi connectivity index (χ2v) is 6.87. The van der Waals surface area contributed by atoms with Crippen molar-refractivity contribution in [2.24, 2.45) is 0 Å². The summed E-state index contributed by atoms with van der Waals surface area (Å²) in [5, 5.41) is 14.4. The average molecular weight is 353 g/mol. The Hall–Kier alpha value is -2.67. The first-order valence-corrected chi connectivity index (χ1v) is 9.01.